The Morgan fingerprint density at radius 1 is 1.15 bits per heavy atom. The third-order valence-corrected chi connectivity index (χ3v) is 8.76. The van der Waals surface area contributed by atoms with Crippen molar-refractivity contribution in [2.24, 2.45) is 34.5 Å². The summed E-state index contributed by atoms with van der Waals surface area (Å²) in [7, 11) is 0. The van der Waals surface area contributed by atoms with Crippen LogP contribution in [-0.4, -0.2) is 23.0 Å². The van der Waals surface area contributed by atoms with E-state index in [4.69, 9.17) is 4.74 Å². The van der Waals surface area contributed by atoms with Crippen LogP contribution >= 0.6 is 0 Å². The van der Waals surface area contributed by atoms with E-state index in [1.54, 1.807) is 0 Å². The number of nitrogens with one attached hydrogen (secondary N) is 1. The Bertz CT molecular complexity index is 686. The van der Waals surface area contributed by atoms with Crippen LogP contribution in [0.1, 0.15) is 65.7 Å². The SMILES string of the molecule is C=CC(=O)NC12CC1(C(=O)OC1(C(C)C)C3CC4CC1CC(C)(C4)C3)C2. The number of carbonyl (C=O) groups excluding carboxylic acids is 2. The van der Waals surface area contributed by atoms with Crippen LogP contribution in [0.3, 0.4) is 0 Å². The molecule has 1 amide bonds. The fourth-order valence-electron chi connectivity index (χ4n) is 7.60. The molecule has 0 saturated heterocycles. The monoisotopic (exact) mass is 357 g/mol. The summed E-state index contributed by atoms with van der Waals surface area (Å²) in [4.78, 5) is 24.9. The lowest BCUT2D eigenvalue weighted by Crippen LogP contribution is -2.64. The second kappa shape index (κ2) is 4.74. The number of rotatable bonds is 5. The topological polar surface area (TPSA) is 55.4 Å². The van der Waals surface area contributed by atoms with Crippen molar-refractivity contribution in [1.29, 1.82) is 0 Å². The Hall–Kier alpha value is -1.32. The van der Waals surface area contributed by atoms with E-state index >= 15 is 0 Å². The van der Waals surface area contributed by atoms with Crippen molar-refractivity contribution < 1.29 is 14.3 Å². The molecule has 6 rings (SSSR count). The summed E-state index contributed by atoms with van der Waals surface area (Å²) < 4.78 is 6.51. The maximum atomic E-state index is 13.2. The standard InChI is InChI=1S/C22H31NO3/c1-5-17(24)23-21-11-20(21,12-21)18(25)26-22(13(2)3)15-6-14-7-16(22)10-19(4,8-14)9-15/h5,13-16H,1,6-12H2,2-4H3,(H,23,24). The normalized spacial score (nSPS) is 52.4. The molecular weight excluding hydrogens is 326 g/mol. The summed E-state index contributed by atoms with van der Waals surface area (Å²) in [5.41, 5.74) is -0.598. The third kappa shape index (κ3) is 1.91. The second-order valence-corrected chi connectivity index (χ2v) is 10.8. The minimum Gasteiger partial charge on any atom is -0.458 e. The van der Waals surface area contributed by atoms with Crippen molar-refractivity contribution >= 4 is 11.9 Å². The maximum absolute atomic E-state index is 13.2. The van der Waals surface area contributed by atoms with Gasteiger partial charge < -0.3 is 10.1 Å². The average molecular weight is 357 g/mol. The van der Waals surface area contributed by atoms with Gasteiger partial charge in [-0.15, -0.1) is 0 Å². The van der Waals surface area contributed by atoms with Gasteiger partial charge in [-0.25, -0.2) is 0 Å². The Morgan fingerprint density at radius 2 is 1.77 bits per heavy atom. The molecule has 0 aromatic carbocycles. The molecule has 2 atom stereocenters. The van der Waals surface area contributed by atoms with Crippen LogP contribution in [0.25, 0.3) is 0 Å². The molecule has 4 heteroatoms. The zero-order chi connectivity index (χ0) is 18.5. The van der Waals surface area contributed by atoms with Crippen molar-refractivity contribution in [3.05, 3.63) is 12.7 Å². The number of hydrogen-bond donors (Lipinski definition) is 1. The minimum absolute atomic E-state index is 0.0480. The summed E-state index contributed by atoms with van der Waals surface area (Å²) >= 11 is 0. The van der Waals surface area contributed by atoms with Crippen molar-refractivity contribution in [1.82, 2.24) is 5.32 Å². The molecule has 142 valence electrons. The van der Waals surface area contributed by atoms with Gasteiger partial charge in [0.25, 0.3) is 0 Å². The van der Waals surface area contributed by atoms with Gasteiger partial charge in [-0.05, 0) is 68.3 Å². The second-order valence-electron chi connectivity index (χ2n) is 10.8. The van der Waals surface area contributed by atoms with Crippen molar-refractivity contribution in [3.63, 3.8) is 0 Å². The zero-order valence-electron chi connectivity index (χ0n) is 16.3. The molecule has 0 aromatic heterocycles. The number of ether oxygens (including phenoxy) is 1. The molecule has 4 bridgehead atoms. The predicted molar refractivity (Wildman–Crippen MR) is 98.1 cm³/mol. The summed E-state index contributed by atoms with van der Waals surface area (Å²) in [6.07, 6.45) is 8.99. The van der Waals surface area contributed by atoms with Gasteiger partial charge in [0.05, 0.1) is 11.0 Å². The quantitative estimate of drug-likeness (QED) is 0.604. The molecule has 26 heavy (non-hydrogen) atoms. The lowest BCUT2D eigenvalue weighted by Gasteiger charge is -2.65. The molecule has 6 aliphatic rings. The van der Waals surface area contributed by atoms with E-state index in [1.807, 2.05) is 0 Å². The number of carbonyl (C=O) groups is 2. The summed E-state index contributed by atoms with van der Waals surface area (Å²) in [6, 6.07) is 0. The van der Waals surface area contributed by atoms with E-state index in [2.05, 4.69) is 32.7 Å². The molecule has 0 spiro atoms. The van der Waals surface area contributed by atoms with Gasteiger partial charge in [-0.3, -0.25) is 9.59 Å². The Labute approximate surface area is 156 Å². The molecule has 6 fully saturated rings. The minimum atomic E-state index is -0.438. The molecule has 1 N–H and O–H groups in total. The van der Waals surface area contributed by atoms with E-state index in [1.165, 1.54) is 38.2 Å². The molecule has 6 saturated carbocycles. The highest BCUT2D eigenvalue weighted by Crippen LogP contribution is 2.79. The number of fused-ring (bicyclic) bond motifs is 1. The Balaban J connectivity index is 1.38. The fraction of sp³-hybridized carbons (Fsp3) is 0.818. The maximum Gasteiger partial charge on any atom is 0.315 e. The lowest BCUT2D eigenvalue weighted by molar-refractivity contribution is -0.240. The summed E-state index contributed by atoms with van der Waals surface area (Å²) in [5.74, 6) is 1.96. The van der Waals surface area contributed by atoms with Crippen LogP contribution in [0, 0.1) is 34.5 Å². The van der Waals surface area contributed by atoms with Crippen molar-refractivity contribution in [2.45, 2.75) is 76.9 Å². The first-order valence-corrected chi connectivity index (χ1v) is 10.4. The molecule has 0 heterocycles. The van der Waals surface area contributed by atoms with Crippen LogP contribution < -0.4 is 5.32 Å². The van der Waals surface area contributed by atoms with E-state index in [0.29, 0.717) is 23.2 Å². The molecule has 2 unspecified atom stereocenters. The molecule has 0 radical (unpaired) electrons. The largest absolute Gasteiger partial charge is 0.458 e. The van der Waals surface area contributed by atoms with E-state index in [0.717, 1.165) is 18.8 Å². The molecule has 0 aromatic rings. The fourth-order valence-corrected chi connectivity index (χ4v) is 7.60. The first kappa shape index (κ1) is 16.8. The van der Waals surface area contributed by atoms with Gasteiger partial charge >= 0.3 is 5.97 Å². The van der Waals surface area contributed by atoms with Crippen LogP contribution in [0.4, 0.5) is 0 Å². The van der Waals surface area contributed by atoms with E-state index in [-0.39, 0.29) is 23.0 Å². The van der Waals surface area contributed by atoms with Crippen LogP contribution in [0.2, 0.25) is 0 Å². The lowest BCUT2D eigenvalue weighted by atomic mass is 9.43. The van der Waals surface area contributed by atoms with Gasteiger partial charge in [0, 0.05) is 11.8 Å². The highest BCUT2D eigenvalue weighted by Gasteiger charge is 2.89. The average Bonchev–Trinajstić information content (AvgIpc) is 3.35. The highest BCUT2D eigenvalue weighted by atomic mass is 16.6. The number of hydrogen-bond acceptors (Lipinski definition) is 3. The number of amides is 1. The summed E-state index contributed by atoms with van der Waals surface area (Å²) in [5, 5.41) is 2.97. The van der Waals surface area contributed by atoms with E-state index < -0.39 is 5.41 Å². The van der Waals surface area contributed by atoms with Crippen LogP contribution in [-0.2, 0) is 14.3 Å². The van der Waals surface area contributed by atoms with Crippen LogP contribution in [0.15, 0.2) is 12.7 Å². The molecular formula is C22H31NO3. The Morgan fingerprint density at radius 3 is 2.27 bits per heavy atom. The van der Waals surface area contributed by atoms with Gasteiger partial charge in [0.15, 0.2) is 0 Å². The van der Waals surface area contributed by atoms with Crippen molar-refractivity contribution in [2.75, 3.05) is 0 Å². The van der Waals surface area contributed by atoms with E-state index in [9.17, 15) is 9.59 Å². The van der Waals surface area contributed by atoms with Gasteiger partial charge in [-0.2, -0.15) is 0 Å². The predicted octanol–water partition coefficient (Wildman–Crippen LogP) is 3.61. The first-order chi connectivity index (χ1) is 12.2. The highest BCUT2D eigenvalue weighted by molar-refractivity contribution is 5.95. The zero-order valence-corrected chi connectivity index (χ0v) is 16.3. The molecule has 4 nitrogen and oxygen atoms in total. The van der Waals surface area contributed by atoms with Crippen LogP contribution in [0.5, 0.6) is 0 Å². The van der Waals surface area contributed by atoms with Gasteiger partial charge in [0.1, 0.15) is 5.60 Å². The van der Waals surface area contributed by atoms with Gasteiger partial charge in [-0.1, -0.05) is 27.4 Å². The third-order valence-electron chi connectivity index (χ3n) is 8.76. The number of esters is 1. The van der Waals surface area contributed by atoms with Crippen molar-refractivity contribution in [3.8, 4) is 0 Å². The molecule has 0 aliphatic heterocycles. The summed E-state index contributed by atoms with van der Waals surface area (Å²) in [6.45, 7) is 10.4. The molecule has 6 aliphatic carbocycles. The smallest absolute Gasteiger partial charge is 0.315 e. The first-order valence-electron chi connectivity index (χ1n) is 10.4. The Kier molecular flexibility index (Phi) is 3.07. The van der Waals surface area contributed by atoms with Gasteiger partial charge in [0.2, 0.25) is 5.91 Å².